The first kappa shape index (κ1) is 15.9. The molecule has 0 aromatic heterocycles. The summed E-state index contributed by atoms with van der Waals surface area (Å²) in [4.78, 5) is 22.7. The third-order valence-electron chi connectivity index (χ3n) is 2.54. The molecule has 0 aliphatic carbocycles. The van der Waals surface area contributed by atoms with Crippen LogP contribution in [0.1, 0.15) is 59.3 Å². The highest BCUT2D eigenvalue weighted by Crippen LogP contribution is 1.98. The first-order valence-corrected chi connectivity index (χ1v) is 6.66. The monoisotopic (exact) mass is 242 g/mol. The topological polar surface area (TPSA) is 58.2 Å². The van der Waals surface area contributed by atoms with Crippen molar-refractivity contribution >= 4 is 11.8 Å². The van der Waals surface area contributed by atoms with Crippen LogP contribution in [-0.2, 0) is 9.59 Å². The molecule has 0 saturated carbocycles. The molecule has 2 N–H and O–H groups in total. The van der Waals surface area contributed by atoms with Gasteiger partial charge in [-0.25, -0.2) is 0 Å². The fourth-order valence-electron chi connectivity index (χ4n) is 1.49. The first-order chi connectivity index (χ1) is 8.10. The summed E-state index contributed by atoms with van der Waals surface area (Å²) in [6.45, 7) is 6.77. The van der Waals surface area contributed by atoms with Crippen LogP contribution < -0.4 is 10.6 Å². The van der Waals surface area contributed by atoms with Gasteiger partial charge in [-0.15, -0.1) is 0 Å². The molecule has 0 aromatic carbocycles. The van der Waals surface area contributed by atoms with Crippen LogP contribution in [0.2, 0.25) is 0 Å². The number of hydrogen-bond donors (Lipinski definition) is 2. The van der Waals surface area contributed by atoms with Crippen molar-refractivity contribution in [3.63, 3.8) is 0 Å². The van der Waals surface area contributed by atoms with E-state index in [1.54, 1.807) is 0 Å². The van der Waals surface area contributed by atoms with Crippen LogP contribution in [0.5, 0.6) is 0 Å². The molecule has 0 rings (SSSR count). The third kappa shape index (κ3) is 9.85. The van der Waals surface area contributed by atoms with E-state index < -0.39 is 0 Å². The average molecular weight is 242 g/mol. The van der Waals surface area contributed by atoms with Crippen LogP contribution in [0.4, 0.5) is 0 Å². The summed E-state index contributed by atoms with van der Waals surface area (Å²) in [5.41, 5.74) is 0. The summed E-state index contributed by atoms with van der Waals surface area (Å²) in [7, 11) is 0. The lowest BCUT2D eigenvalue weighted by molar-refractivity contribution is -0.123. The molecular formula is C13H26N2O2. The Labute approximate surface area is 105 Å². The summed E-state index contributed by atoms with van der Waals surface area (Å²) >= 11 is 0. The standard InChI is InChI=1S/C13H26N2O2/c1-4-6-10-14-12(16)9-8-11(3)15-13(17)7-5-2/h11H,4-10H2,1-3H3,(H,14,16)(H,15,17). The minimum atomic E-state index is 0.0750. The van der Waals surface area contributed by atoms with E-state index in [2.05, 4.69) is 17.6 Å². The zero-order valence-electron chi connectivity index (χ0n) is 11.3. The molecule has 0 radical (unpaired) electrons. The molecule has 2 amide bonds. The minimum absolute atomic E-state index is 0.0750. The van der Waals surface area contributed by atoms with Crippen molar-refractivity contribution in [2.75, 3.05) is 6.54 Å². The van der Waals surface area contributed by atoms with Crippen molar-refractivity contribution in [3.05, 3.63) is 0 Å². The molecule has 0 spiro atoms. The van der Waals surface area contributed by atoms with E-state index in [1.807, 2.05) is 13.8 Å². The lowest BCUT2D eigenvalue weighted by Gasteiger charge is -2.13. The van der Waals surface area contributed by atoms with Gasteiger partial charge in [0, 0.05) is 25.4 Å². The van der Waals surface area contributed by atoms with Gasteiger partial charge in [0.25, 0.3) is 0 Å². The number of carbonyl (C=O) groups is 2. The number of nitrogens with one attached hydrogen (secondary N) is 2. The lowest BCUT2D eigenvalue weighted by Crippen LogP contribution is -2.34. The fourth-order valence-corrected chi connectivity index (χ4v) is 1.49. The van der Waals surface area contributed by atoms with Gasteiger partial charge in [0.15, 0.2) is 0 Å². The third-order valence-corrected chi connectivity index (χ3v) is 2.54. The smallest absolute Gasteiger partial charge is 0.220 e. The second-order valence-electron chi connectivity index (χ2n) is 4.46. The number of unbranched alkanes of at least 4 members (excludes halogenated alkanes) is 1. The Kier molecular flexibility index (Phi) is 9.49. The van der Waals surface area contributed by atoms with Crippen LogP contribution in [0.25, 0.3) is 0 Å². The zero-order valence-corrected chi connectivity index (χ0v) is 11.3. The van der Waals surface area contributed by atoms with Gasteiger partial charge < -0.3 is 10.6 Å². The molecular weight excluding hydrogens is 216 g/mol. The van der Waals surface area contributed by atoms with Crippen molar-refractivity contribution in [2.24, 2.45) is 0 Å². The van der Waals surface area contributed by atoms with Crippen LogP contribution in [0, 0.1) is 0 Å². The second-order valence-corrected chi connectivity index (χ2v) is 4.46. The van der Waals surface area contributed by atoms with Gasteiger partial charge in [-0.1, -0.05) is 20.3 Å². The molecule has 0 aliphatic rings. The maximum atomic E-state index is 11.4. The van der Waals surface area contributed by atoms with E-state index in [0.29, 0.717) is 19.3 Å². The molecule has 0 saturated heterocycles. The molecule has 0 aromatic rings. The zero-order chi connectivity index (χ0) is 13.1. The summed E-state index contributed by atoms with van der Waals surface area (Å²) in [5.74, 6) is 0.154. The second kappa shape index (κ2) is 10.1. The van der Waals surface area contributed by atoms with Gasteiger partial charge >= 0.3 is 0 Å². The van der Waals surface area contributed by atoms with Gasteiger partial charge in [0.2, 0.25) is 11.8 Å². The number of hydrogen-bond acceptors (Lipinski definition) is 2. The Bertz CT molecular complexity index is 229. The molecule has 4 heteroatoms. The lowest BCUT2D eigenvalue weighted by atomic mass is 10.1. The summed E-state index contributed by atoms with van der Waals surface area (Å²) < 4.78 is 0. The molecule has 100 valence electrons. The van der Waals surface area contributed by atoms with Crippen molar-refractivity contribution in [1.82, 2.24) is 10.6 Å². The number of amides is 2. The molecule has 0 aliphatic heterocycles. The van der Waals surface area contributed by atoms with Crippen LogP contribution in [-0.4, -0.2) is 24.4 Å². The van der Waals surface area contributed by atoms with Gasteiger partial charge in [-0.05, 0) is 26.2 Å². The fraction of sp³-hybridized carbons (Fsp3) is 0.846. The molecule has 1 atom stereocenters. The molecule has 0 bridgehead atoms. The molecule has 4 nitrogen and oxygen atoms in total. The molecule has 0 heterocycles. The van der Waals surface area contributed by atoms with Crippen molar-refractivity contribution in [2.45, 2.75) is 65.3 Å². The maximum Gasteiger partial charge on any atom is 0.220 e. The predicted octanol–water partition coefficient (Wildman–Crippen LogP) is 1.99. The maximum absolute atomic E-state index is 11.4. The molecule has 0 fully saturated rings. The highest BCUT2D eigenvalue weighted by molar-refractivity contribution is 5.77. The van der Waals surface area contributed by atoms with Gasteiger partial charge in [-0.3, -0.25) is 9.59 Å². The van der Waals surface area contributed by atoms with E-state index in [1.165, 1.54) is 0 Å². The summed E-state index contributed by atoms with van der Waals surface area (Å²) in [6.07, 6.45) is 4.71. The Morgan fingerprint density at radius 1 is 1.06 bits per heavy atom. The van der Waals surface area contributed by atoms with E-state index in [0.717, 1.165) is 25.8 Å². The van der Waals surface area contributed by atoms with Crippen molar-refractivity contribution < 1.29 is 9.59 Å². The van der Waals surface area contributed by atoms with Crippen LogP contribution >= 0.6 is 0 Å². The van der Waals surface area contributed by atoms with E-state index in [4.69, 9.17) is 0 Å². The SMILES string of the molecule is CCCCNC(=O)CCC(C)NC(=O)CCC. The normalized spacial score (nSPS) is 11.9. The number of carbonyl (C=O) groups excluding carboxylic acids is 2. The Hall–Kier alpha value is -1.06. The van der Waals surface area contributed by atoms with E-state index in [9.17, 15) is 9.59 Å². The molecule has 1 unspecified atom stereocenters. The average Bonchev–Trinajstić information content (AvgIpc) is 2.27. The van der Waals surface area contributed by atoms with Gasteiger partial charge in [-0.2, -0.15) is 0 Å². The molecule has 17 heavy (non-hydrogen) atoms. The van der Waals surface area contributed by atoms with E-state index in [-0.39, 0.29) is 17.9 Å². The first-order valence-electron chi connectivity index (χ1n) is 6.66. The number of rotatable bonds is 9. The van der Waals surface area contributed by atoms with Gasteiger partial charge in [0.05, 0.1) is 0 Å². The highest BCUT2D eigenvalue weighted by atomic mass is 16.2. The van der Waals surface area contributed by atoms with E-state index >= 15 is 0 Å². The quantitative estimate of drug-likeness (QED) is 0.607. The van der Waals surface area contributed by atoms with Crippen molar-refractivity contribution in [1.29, 1.82) is 0 Å². The summed E-state index contributed by atoms with van der Waals surface area (Å²) in [6, 6.07) is 0.0750. The largest absolute Gasteiger partial charge is 0.356 e. The van der Waals surface area contributed by atoms with Gasteiger partial charge in [0.1, 0.15) is 0 Å². The Balaban J connectivity index is 3.58. The Morgan fingerprint density at radius 2 is 1.76 bits per heavy atom. The van der Waals surface area contributed by atoms with Crippen LogP contribution in [0.15, 0.2) is 0 Å². The Morgan fingerprint density at radius 3 is 2.35 bits per heavy atom. The highest BCUT2D eigenvalue weighted by Gasteiger charge is 2.08. The minimum Gasteiger partial charge on any atom is -0.356 e. The summed E-state index contributed by atoms with van der Waals surface area (Å²) in [5, 5.41) is 5.75. The predicted molar refractivity (Wildman–Crippen MR) is 69.7 cm³/mol. The van der Waals surface area contributed by atoms with Crippen molar-refractivity contribution in [3.8, 4) is 0 Å². The van der Waals surface area contributed by atoms with Crippen LogP contribution in [0.3, 0.4) is 0 Å².